The fourth-order valence-electron chi connectivity index (χ4n) is 2.82. The molecule has 1 aliphatic carbocycles. The molecule has 0 unspecified atom stereocenters. The smallest absolute Gasteiger partial charge is 0.142 e. The molecule has 0 atom stereocenters. The molecule has 1 saturated carbocycles. The van der Waals surface area contributed by atoms with Crippen LogP contribution in [0.5, 0.6) is 0 Å². The number of rotatable bonds is 5. The molecular weight excluding hydrogens is 329 g/mol. The molecule has 0 aliphatic heterocycles. The van der Waals surface area contributed by atoms with Crippen molar-refractivity contribution in [1.29, 1.82) is 0 Å². The van der Waals surface area contributed by atoms with Crippen molar-refractivity contribution < 1.29 is 4.39 Å². The van der Waals surface area contributed by atoms with E-state index in [0.29, 0.717) is 6.04 Å². The van der Waals surface area contributed by atoms with Crippen LogP contribution in [0.2, 0.25) is 5.02 Å². The Morgan fingerprint density at radius 2 is 2.00 bits per heavy atom. The fourth-order valence-corrected chi connectivity index (χ4v) is 3.39. The highest BCUT2D eigenvalue weighted by molar-refractivity contribution is 9.09. The van der Waals surface area contributed by atoms with Crippen molar-refractivity contribution >= 4 is 27.5 Å². The standard InChI is InChI=1S/C15H20BrClFN/c16-8-9-19(13-4-2-1-3-5-13)11-12-6-7-14(17)15(18)10-12/h6-7,10,13H,1-5,8-9,11H2. The molecule has 1 nitrogen and oxygen atoms in total. The van der Waals surface area contributed by atoms with Crippen molar-refractivity contribution in [2.75, 3.05) is 11.9 Å². The summed E-state index contributed by atoms with van der Waals surface area (Å²) >= 11 is 9.25. The second-order valence-electron chi connectivity index (χ2n) is 5.20. The zero-order valence-electron chi connectivity index (χ0n) is 11.0. The molecule has 1 aromatic carbocycles. The van der Waals surface area contributed by atoms with Gasteiger partial charge in [-0.15, -0.1) is 0 Å². The molecule has 0 aromatic heterocycles. The Morgan fingerprint density at radius 1 is 1.26 bits per heavy atom. The van der Waals surface area contributed by atoms with E-state index in [4.69, 9.17) is 11.6 Å². The topological polar surface area (TPSA) is 3.24 Å². The maximum atomic E-state index is 13.5. The van der Waals surface area contributed by atoms with Gasteiger partial charge in [0.2, 0.25) is 0 Å². The van der Waals surface area contributed by atoms with Crippen LogP contribution < -0.4 is 0 Å². The molecule has 0 N–H and O–H groups in total. The highest BCUT2D eigenvalue weighted by Crippen LogP contribution is 2.25. The van der Waals surface area contributed by atoms with Crippen LogP contribution in [-0.4, -0.2) is 22.8 Å². The average molecular weight is 349 g/mol. The van der Waals surface area contributed by atoms with Crippen LogP contribution in [0.4, 0.5) is 4.39 Å². The maximum Gasteiger partial charge on any atom is 0.142 e. The lowest BCUT2D eigenvalue weighted by Gasteiger charge is -2.34. The van der Waals surface area contributed by atoms with Crippen LogP contribution in [0, 0.1) is 5.82 Å². The Balaban J connectivity index is 2.04. The Hall–Kier alpha value is -0.120. The van der Waals surface area contributed by atoms with Crippen LogP contribution in [0.1, 0.15) is 37.7 Å². The first-order valence-electron chi connectivity index (χ1n) is 6.94. The Labute approximate surface area is 128 Å². The molecule has 0 spiro atoms. The minimum absolute atomic E-state index is 0.202. The molecular formula is C15H20BrClFN. The average Bonchev–Trinajstić information content (AvgIpc) is 2.43. The van der Waals surface area contributed by atoms with Crippen molar-refractivity contribution in [3.05, 3.63) is 34.6 Å². The van der Waals surface area contributed by atoms with Crippen molar-refractivity contribution in [2.45, 2.75) is 44.7 Å². The second-order valence-corrected chi connectivity index (χ2v) is 6.40. The van der Waals surface area contributed by atoms with E-state index < -0.39 is 0 Å². The zero-order chi connectivity index (χ0) is 13.7. The molecule has 1 aliphatic rings. The van der Waals surface area contributed by atoms with Crippen molar-refractivity contribution in [3.63, 3.8) is 0 Å². The lowest BCUT2D eigenvalue weighted by Crippen LogP contribution is -2.37. The number of hydrogen-bond donors (Lipinski definition) is 0. The van der Waals surface area contributed by atoms with Crippen LogP contribution in [0.25, 0.3) is 0 Å². The van der Waals surface area contributed by atoms with Gasteiger partial charge in [0.05, 0.1) is 5.02 Å². The largest absolute Gasteiger partial charge is 0.295 e. The molecule has 19 heavy (non-hydrogen) atoms. The molecule has 0 heterocycles. The maximum absolute atomic E-state index is 13.5. The first-order chi connectivity index (χ1) is 9.20. The van der Waals surface area contributed by atoms with E-state index in [-0.39, 0.29) is 10.8 Å². The van der Waals surface area contributed by atoms with Crippen molar-refractivity contribution in [1.82, 2.24) is 4.90 Å². The summed E-state index contributed by atoms with van der Waals surface area (Å²) in [5, 5.41) is 1.16. The molecule has 2 rings (SSSR count). The first kappa shape index (κ1) is 15.3. The van der Waals surface area contributed by atoms with Crippen molar-refractivity contribution in [3.8, 4) is 0 Å². The SMILES string of the molecule is Fc1cc(CN(CCBr)C2CCCCC2)ccc1Cl. The van der Waals surface area contributed by atoms with E-state index in [1.165, 1.54) is 32.1 Å². The summed E-state index contributed by atoms with van der Waals surface area (Å²) in [6.07, 6.45) is 6.53. The van der Waals surface area contributed by atoms with Gasteiger partial charge in [-0.3, -0.25) is 4.90 Å². The molecule has 0 bridgehead atoms. The number of alkyl halides is 1. The summed E-state index contributed by atoms with van der Waals surface area (Å²) in [5.74, 6) is -0.318. The van der Waals surface area contributed by atoms with Crippen LogP contribution >= 0.6 is 27.5 Å². The monoisotopic (exact) mass is 347 g/mol. The van der Waals surface area contributed by atoms with Gasteiger partial charge in [0.1, 0.15) is 5.82 Å². The summed E-state index contributed by atoms with van der Waals surface area (Å²) in [4.78, 5) is 2.47. The molecule has 0 radical (unpaired) electrons. The quantitative estimate of drug-likeness (QED) is 0.676. The Bertz CT molecular complexity index is 407. The minimum Gasteiger partial charge on any atom is -0.295 e. The predicted molar refractivity (Wildman–Crippen MR) is 82.5 cm³/mol. The van der Waals surface area contributed by atoms with E-state index >= 15 is 0 Å². The van der Waals surface area contributed by atoms with E-state index in [9.17, 15) is 4.39 Å². The summed E-state index contributed by atoms with van der Waals surface area (Å²) < 4.78 is 13.5. The lowest BCUT2D eigenvalue weighted by atomic mass is 9.94. The van der Waals surface area contributed by atoms with E-state index in [2.05, 4.69) is 20.8 Å². The van der Waals surface area contributed by atoms with Gasteiger partial charge in [-0.2, -0.15) is 0 Å². The fraction of sp³-hybridized carbons (Fsp3) is 0.600. The summed E-state index contributed by atoms with van der Waals surface area (Å²) in [6, 6.07) is 5.78. The second kappa shape index (κ2) is 7.61. The van der Waals surface area contributed by atoms with Crippen molar-refractivity contribution in [2.24, 2.45) is 0 Å². The lowest BCUT2D eigenvalue weighted by molar-refractivity contribution is 0.157. The zero-order valence-corrected chi connectivity index (χ0v) is 13.4. The highest BCUT2D eigenvalue weighted by atomic mass is 79.9. The van der Waals surface area contributed by atoms with Gasteiger partial charge in [-0.05, 0) is 30.5 Å². The molecule has 4 heteroatoms. The summed E-state index contributed by atoms with van der Waals surface area (Å²) in [6.45, 7) is 1.82. The number of nitrogens with zero attached hydrogens (tertiary/aromatic N) is 1. The third-order valence-electron chi connectivity index (χ3n) is 3.83. The van der Waals surface area contributed by atoms with Gasteiger partial charge >= 0.3 is 0 Å². The highest BCUT2D eigenvalue weighted by Gasteiger charge is 2.20. The van der Waals surface area contributed by atoms with Gasteiger partial charge in [0, 0.05) is 24.5 Å². The van der Waals surface area contributed by atoms with Gasteiger partial charge in [0.25, 0.3) is 0 Å². The summed E-state index contributed by atoms with van der Waals surface area (Å²) in [5.41, 5.74) is 1.01. The van der Waals surface area contributed by atoms with Gasteiger partial charge in [-0.25, -0.2) is 4.39 Å². The van der Waals surface area contributed by atoms with Gasteiger partial charge in [-0.1, -0.05) is 52.9 Å². The van der Waals surface area contributed by atoms with Gasteiger partial charge < -0.3 is 0 Å². The van der Waals surface area contributed by atoms with Crippen LogP contribution in [0.15, 0.2) is 18.2 Å². The minimum atomic E-state index is -0.318. The molecule has 0 saturated heterocycles. The van der Waals surface area contributed by atoms with E-state index in [1.807, 2.05) is 6.07 Å². The number of benzene rings is 1. The van der Waals surface area contributed by atoms with E-state index in [1.54, 1.807) is 12.1 Å². The Morgan fingerprint density at radius 3 is 2.63 bits per heavy atom. The number of hydrogen-bond acceptors (Lipinski definition) is 1. The molecule has 106 valence electrons. The Kier molecular flexibility index (Phi) is 6.11. The van der Waals surface area contributed by atoms with Crippen LogP contribution in [0.3, 0.4) is 0 Å². The third-order valence-corrected chi connectivity index (χ3v) is 4.49. The molecule has 0 amide bonds. The summed E-state index contributed by atoms with van der Waals surface area (Å²) in [7, 11) is 0. The molecule has 1 aromatic rings. The van der Waals surface area contributed by atoms with Gasteiger partial charge in [0.15, 0.2) is 0 Å². The third kappa shape index (κ3) is 4.44. The van der Waals surface area contributed by atoms with E-state index in [0.717, 1.165) is 24.0 Å². The normalized spacial score (nSPS) is 17.1. The predicted octanol–water partition coefficient (Wildman–Crippen LogP) is 5.01. The number of halogens is 3. The molecule has 1 fully saturated rings. The first-order valence-corrected chi connectivity index (χ1v) is 8.44. The van der Waals surface area contributed by atoms with Crippen LogP contribution in [-0.2, 0) is 6.54 Å².